The number of aromatic carboxylic acids is 1. The molecule has 4 heteroatoms. The predicted octanol–water partition coefficient (Wildman–Crippen LogP) is 3.17. The quantitative estimate of drug-likeness (QED) is 0.881. The van der Waals surface area contributed by atoms with E-state index in [9.17, 15) is 4.79 Å². The topological polar surface area (TPSA) is 55.1 Å². The van der Waals surface area contributed by atoms with Gasteiger partial charge in [0.15, 0.2) is 0 Å². The summed E-state index contributed by atoms with van der Waals surface area (Å²) in [6.07, 6.45) is 4.04. The van der Waals surface area contributed by atoms with Gasteiger partial charge in [0.1, 0.15) is 0 Å². The first kappa shape index (κ1) is 12.6. The van der Waals surface area contributed by atoms with Crippen molar-refractivity contribution in [3.63, 3.8) is 0 Å². The SMILES string of the molecule is CCC(CC)Cn1cnc2ccc(C(=O)O)cc21. The minimum absolute atomic E-state index is 0.314. The molecule has 0 bridgehead atoms. The van der Waals surface area contributed by atoms with E-state index in [1.54, 1.807) is 24.5 Å². The van der Waals surface area contributed by atoms with E-state index in [1.807, 2.05) is 0 Å². The smallest absolute Gasteiger partial charge is 0.335 e. The summed E-state index contributed by atoms with van der Waals surface area (Å²) in [6, 6.07) is 5.06. The first-order chi connectivity index (χ1) is 8.65. The van der Waals surface area contributed by atoms with Gasteiger partial charge in [-0.1, -0.05) is 26.7 Å². The van der Waals surface area contributed by atoms with Gasteiger partial charge in [-0.25, -0.2) is 9.78 Å². The molecule has 18 heavy (non-hydrogen) atoms. The lowest BCUT2D eigenvalue weighted by Crippen LogP contribution is -2.08. The van der Waals surface area contributed by atoms with Gasteiger partial charge in [0.05, 0.1) is 22.9 Å². The van der Waals surface area contributed by atoms with Gasteiger partial charge in [-0.15, -0.1) is 0 Å². The summed E-state index contributed by atoms with van der Waals surface area (Å²) in [6.45, 7) is 5.25. The largest absolute Gasteiger partial charge is 0.478 e. The molecule has 0 aliphatic rings. The second-order valence-electron chi connectivity index (χ2n) is 4.59. The maximum atomic E-state index is 11.0. The van der Waals surface area contributed by atoms with E-state index in [-0.39, 0.29) is 0 Å². The molecule has 0 saturated carbocycles. The lowest BCUT2D eigenvalue weighted by Gasteiger charge is -2.13. The molecule has 1 aromatic heterocycles. The van der Waals surface area contributed by atoms with Crippen LogP contribution in [0.15, 0.2) is 24.5 Å². The van der Waals surface area contributed by atoms with Crippen molar-refractivity contribution in [1.29, 1.82) is 0 Å². The second kappa shape index (κ2) is 5.21. The van der Waals surface area contributed by atoms with Gasteiger partial charge in [0.25, 0.3) is 0 Å². The van der Waals surface area contributed by atoms with Crippen LogP contribution in [-0.2, 0) is 6.54 Å². The highest BCUT2D eigenvalue weighted by Crippen LogP contribution is 2.18. The van der Waals surface area contributed by atoms with Crippen LogP contribution in [0.2, 0.25) is 0 Å². The molecule has 2 aromatic rings. The molecule has 1 aromatic carbocycles. The van der Waals surface area contributed by atoms with Crippen LogP contribution in [0, 0.1) is 5.92 Å². The summed E-state index contributed by atoms with van der Waals surface area (Å²) in [4.78, 5) is 15.3. The molecule has 0 saturated heterocycles. The normalized spacial score (nSPS) is 11.3. The number of carbonyl (C=O) groups is 1. The van der Waals surface area contributed by atoms with Crippen LogP contribution in [0.1, 0.15) is 37.0 Å². The molecule has 4 nitrogen and oxygen atoms in total. The zero-order valence-electron chi connectivity index (χ0n) is 10.8. The van der Waals surface area contributed by atoms with Gasteiger partial charge in [-0.05, 0) is 24.1 Å². The van der Waals surface area contributed by atoms with Crippen LogP contribution in [0.5, 0.6) is 0 Å². The predicted molar refractivity (Wildman–Crippen MR) is 70.8 cm³/mol. The molecule has 0 radical (unpaired) electrons. The van der Waals surface area contributed by atoms with E-state index < -0.39 is 5.97 Å². The Bertz CT molecular complexity index is 556. The molecule has 0 fully saturated rings. The molecule has 0 spiro atoms. The second-order valence-corrected chi connectivity index (χ2v) is 4.59. The Labute approximate surface area is 106 Å². The van der Waals surface area contributed by atoms with Crippen LogP contribution >= 0.6 is 0 Å². The third-order valence-electron chi connectivity index (χ3n) is 3.48. The van der Waals surface area contributed by atoms with E-state index >= 15 is 0 Å². The van der Waals surface area contributed by atoms with Crippen molar-refractivity contribution in [2.45, 2.75) is 33.2 Å². The Morgan fingerprint density at radius 3 is 2.72 bits per heavy atom. The number of aromatic nitrogens is 2. The van der Waals surface area contributed by atoms with E-state index in [1.165, 1.54) is 0 Å². The number of benzene rings is 1. The molecule has 0 aliphatic heterocycles. The van der Waals surface area contributed by atoms with Crippen molar-refractivity contribution in [1.82, 2.24) is 9.55 Å². The molecule has 1 heterocycles. The minimum Gasteiger partial charge on any atom is -0.478 e. The first-order valence-corrected chi connectivity index (χ1v) is 6.33. The number of rotatable bonds is 5. The lowest BCUT2D eigenvalue weighted by molar-refractivity contribution is 0.0697. The van der Waals surface area contributed by atoms with E-state index in [4.69, 9.17) is 5.11 Å². The highest BCUT2D eigenvalue weighted by molar-refractivity contribution is 5.92. The van der Waals surface area contributed by atoms with Gasteiger partial charge in [-0.2, -0.15) is 0 Å². The van der Waals surface area contributed by atoms with E-state index in [2.05, 4.69) is 23.4 Å². The molecular weight excluding hydrogens is 228 g/mol. The third kappa shape index (κ3) is 2.37. The van der Waals surface area contributed by atoms with Crippen LogP contribution in [0.4, 0.5) is 0 Å². The molecular formula is C14H18N2O2. The van der Waals surface area contributed by atoms with Crippen molar-refractivity contribution in [3.05, 3.63) is 30.1 Å². The number of imidazole rings is 1. The average molecular weight is 246 g/mol. The molecule has 0 aliphatic carbocycles. The van der Waals surface area contributed by atoms with Gasteiger partial charge in [-0.3, -0.25) is 0 Å². The highest BCUT2D eigenvalue weighted by atomic mass is 16.4. The van der Waals surface area contributed by atoms with Crippen molar-refractivity contribution in [2.75, 3.05) is 0 Å². The Morgan fingerprint density at radius 1 is 1.39 bits per heavy atom. The number of carboxylic acids is 1. The van der Waals surface area contributed by atoms with Crippen LogP contribution in [-0.4, -0.2) is 20.6 Å². The number of carboxylic acid groups (broad SMARTS) is 1. The van der Waals surface area contributed by atoms with Gasteiger partial charge >= 0.3 is 5.97 Å². The van der Waals surface area contributed by atoms with Gasteiger partial charge < -0.3 is 9.67 Å². The Hall–Kier alpha value is -1.84. The highest BCUT2D eigenvalue weighted by Gasteiger charge is 2.10. The maximum absolute atomic E-state index is 11.0. The van der Waals surface area contributed by atoms with Crippen LogP contribution < -0.4 is 0 Å². The molecule has 0 atom stereocenters. The minimum atomic E-state index is -0.896. The van der Waals surface area contributed by atoms with Crippen LogP contribution in [0.25, 0.3) is 11.0 Å². The fourth-order valence-corrected chi connectivity index (χ4v) is 2.16. The number of hydrogen-bond donors (Lipinski definition) is 1. The summed E-state index contributed by atoms with van der Waals surface area (Å²) in [5.41, 5.74) is 2.07. The number of fused-ring (bicyclic) bond motifs is 1. The average Bonchev–Trinajstić information content (AvgIpc) is 2.78. The zero-order chi connectivity index (χ0) is 13.1. The summed E-state index contributed by atoms with van der Waals surface area (Å²) in [7, 11) is 0. The Morgan fingerprint density at radius 2 is 2.11 bits per heavy atom. The summed E-state index contributed by atoms with van der Waals surface area (Å²) in [5, 5.41) is 9.02. The summed E-state index contributed by atoms with van der Waals surface area (Å²) >= 11 is 0. The number of nitrogens with zero attached hydrogens (tertiary/aromatic N) is 2. The first-order valence-electron chi connectivity index (χ1n) is 6.33. The van der Waals surface area contributed by atoms with Gasteiger partial charge in [0, 0.05) is 6.54 Å². The van der Waals surface area contributed by atoms with Crippen molar-refractivity contribution >= 4 is 17.0 Å². The van der Waals surface area contributed by atoms with Crippen molar-refractivity contribution in [3.8, 4) is 0 Å². The monoisotopic (exact) mass is 246 g/mol. The molecule has 0 unspecified atom stereocenters. The Balaban J connectivity index is 2.39. The number of hydrogen-bond acceptors (Lipinski definition) is 2. The van der Waals surface area contributed by atoms with Crippen molar-refractivity contribution < 1.29 is 9.90 Å². The van der Waals surface area contributed by atoms with E-state index in [0.717, 1.165) is 30.4 Å². The molecule has 2 rings (SSSR count). The maximum Gasteiger partial charge on any atom is 0.335 e. The molecule has 1 N–H and O–H groups in total. The zero-order valence-corrected chi connectivity index (χ0v) is 10.8. The van der Waals surface area contributed by atoms with E-state index in [0.29, 0.717) is 11.5 Å². The summed E-state index contributed by atoms with van der Waals surface area (Å²) in [5.74, 6) is -0.289. The fourth-order valence-electron chi connectivity index (χ4n) is 2.16. The van der Waals surface area contributed by atoms with Gasteiger partial charge in [0.2, 0.25) is 0 Å². The Kier molecular flexibility index (Phi) is 3.65. The molecule has 96 valence electrons. The lowest BCUT2D eigenvalue weighted by atomic mass is 10.0. The molecule has 0 amide bonds. The van der Waals surface area contributed by atoms with Crippen molar-refractivity contribution in [2.24, 2.45) is 5.92 Å². The summed E-state index contributed by atoms with van der Waals surface area (Å²) < 4.78 is 2.06. The fraction of sp³-hybridized carbons (Fsp3) is 0.429. The van der Waals surface area contributed by atoms with Crippen LogP contribution in [0.3, 0.4) is 0 Å². The standard InChI is InChI=1S/C14H18N2O2/c1-3-10(4-2)8-16-9-15-12-6-5-11(14(17)18)7-13(12)16/h5-7,9-10H,3-4,8H2,1-2H3,(H,17,18). The third-order valence-corrected chi connectivity index (χ3v) is 3.48.